The van der Waals surface area contributed by atoms with Gasteiger partial charge in [-0.25, -0.2) is 0 Å². The van der Waals surface area contributed by atoms with Crippen LogP contribution in [-0.2, 0) is 0 Å². The van der Waals surface area contributed by atoms with Gasteiger partial charge in [0.05, 0.1) is 0 Å². The Labute approximate surface area is 31.0 Å². The van der Waals surface area contributed by atoms with E-state index in [-0.39, 0.29) is 0 Å². The molecule has 0 saturated carbocycles. The van der Waals surface area contributed by atoms with E-state index in [1.165, 1.54) is 0 Å². The van der Waals surface area contributed by atoms with Crippen LogP contribution in [0.1, 0.15) is 0 Å². The number of halogens is 1. The van der Waals surface area contributed by atoms with E-state index in [0.29, 0.717) is 0 Å². The van der Waals surface area contributed by atoms with Gasteiger partial charge in [-0.3, -0.25) is 0 Å². The first kappa shape index (κ1) is 4.12. The third-order valence-corrected chi connectivity index (χ3v) is 0. The van der Waals surface area contributed by atoms with Crippen molar-refractivity contribution in [1.82, 2.24) is 0 Å². The van der Waals surface area contributed by atoms with Crippen molar-refractivity contribution in [3.05, 3.63) is 0 Å². The molecule has 4 heavy (non-hydrogen) atoms. The molecule has 0 fully saturated rings. The maximum absolute atomic E-state index is 10.3. The normalized spacial score (nSPS) is 6.25. The van der Waals surface area contributed by atoms with Crippen LogP contribution in [0.25, 0.3) is 0 Å². The molecule has 1 nitrogen and oxygen atoms in total. The minimum atomic E-state index is -1.46. The van der Waals surface area contributed by atoms with Crippen LogP contribution in [0, 0.1) is 0 Å². The molecule has 0 aromatic carbocycles. The number of carbonyl (C=O) groups is 1. The molecule has 0 bridgehead atoms. The van der Waals surface area contributed by atoms with Crippen molar-refractivity contribution >= 4 is 20.9 Å². The summed E-state index contributed by atoms with van der Waals surface area (Å²) < 4.78 is 10.3. The van der Waals surface area contributed by atoms with Gasteiger partial charge < -0.3 is 0 Å². The number of carbonyl (C=O) groups excluding carboxylic acids is 1. The Morgan fingerprint density at radius 3 is 2.00 bits per heavy atom. The van der Waals surface area contributed by atoms with Crippen LogP contribution >= 0.6 is 0 Å². The third-order valence-electron chi connectivity index (χ3n) is 0. The molecule has 0 aliphatic rings. The SMILES string of the molecule is O=C(F)[Se]. The topological polar surface area (TPSA) is 17.1 Å². The van der Waals surface area contributed by atoms with Crippen molar-refractivity contribution in [1.29, 1.82) is 0 Å². The molecule has 1 radical (unpaired) electrons. The van der Waals surface area contributed by atoms with Gasteiger partial charge in [-0.15, -0.1) is 0 Å². The van der Waals surface area contributed by atoms with Gasteiger partial charge in [0, 0.05) is 0 Å². The van der Waals surface area contributed by atoms with E-state index in [1.54, 1.807) is 16.0 Å². The summed E-state index contributed by atoms with van der Waals surface area (Å²) in [5.74, 6) is 0. The van der Waals surface area contributed by atoms with Gasteiger partial charge in [0.1, 0.15) is 0 Å². The van der Waals surface area contributed by atoms with Gasteiger partial charge in [0.15, 0.2) is 0 Å². The number of rotatable bonds is 0. The molecule has 0 atom stereocenters. The second-order valence-electron chi connectivity index (χ2n) is 0.238. The van der Waals surface area contributed by atoms with Gasteiger partial charge in [-0.2, -0.15) is 0 Å². The predicted molar refractivity (Wildman–Crippen MR) is 12.3 cm³/mol. The van der Waals surface area contributed by atoms with E-state index in [1.807, 2.05) is 0 Å². The predicted octanol–water partition coefficient (Wildman–Crippen LogP) is 0.244. The van der Waals surface area contributed by atoms with Crippen molar-refractivity contribution in [2.75, 3.05) is 0 Å². The van der Waals surface area contributed by atoms with E-state index in [4.69, 9.17) is 4.79 Å². The molecule has 0 N–H and O–H groups in total. The van der Waals surface area contributed by atoms with Crippen molar-refractivity contribution in [3.63, 3.8) is 0 Å². The van der Waals surface area contributed by atoms with Crippen molar-refractivity contribution in [2.45, 2.75) is 0 Å². The number of hydrogen-bond donors (Lipinski definition) is 0. The van der Waals surface area contributed by atoms with E-state index < -0.39 is 4.94 Å². The Kier molecular flexibility index (Phi) is 1.48. The summed E-state index contributed by atoms with van der Waals surface area (Å²) in [6, 6.07) is 0. The molecule has 0 unspecified atom stereocenters. The van der Waals surface area contributed by atoms with Gasteiger partial charge >= 0.3 is 30.1 Å². The fourth-order valence-corrected chi connectivity index (χ4v) is 0. The molecule has 0 aliphatic carbocycles. The molecule has 3 heteroatoms. The van der Waals surface area contributed by atoms with Crippen LogP contribution in [0.15, 0.2) is 0 Å². The number of hydrogen-bond acceptors (Lipinski definition) is 1. The summed E-state index contributed by atoms with van der Waals surface area (Å²) in [5.41, 5.74) is 0. The summed E-state index contributed by atoms with van der Waals surface area (Å²) in [6.07, 6.45) is 0. The molecule has 0 aliphatic heterocycles. The molecule has 0 amide bonds. The summed E-state index contributed by atoms with van der Waals surface area (Å²) in [7, 11) is 0. The molecule has 23 valence electrons. The second-order valence-corrected chi connectivity index (χ2v) is 0.911. The average molecular weight is 126 g/mol. The quantitative estimate of drug-likeness (QED) is 0.335. The zero-order valence-electron chi connectivity index (χ0n) is 1.69. The molecular formula is CFOSe. The minimum absolute atomic E-state index is 1.46. The first-order chi connectivity index (χ1) is 1.73. The van der Waals surface area contributed by atoms with E-state index in [2.05, 4.69) is 0 Å². The van der Waals surface area contributed by atoms with Gasteiger partial charge in [-0.1, -0.05) is 0 Å². The third kappa shape index (κ3) is 186. The van der Waals surface area contributed by atoms with Gasteiger partial charge in [0.2, 0.25) is 0 Å². The Hall–Kier alpha value is 0.119. The summed E-state index contributed by atoms with van der Waals surface area (Å²) >= 11 is 1.60. The Bertz CT molecular complexity index is 31.0. The molecule has 0 heterocycles. The van der Waals surface area contributed by atoms with Crippen molar-refractivity contribution in [3.8, 4) is 0 Å². The zero-order chi connectivity index (χ0) is 3.58. The molecule has 0 aromatic rings. The molecule has 0 aromatic heterocycles. The van der Waals surface area contributed by atoms with Crippen LogP contribution in [0.2, 0.25) is 0 Å². The van der Waals surface area contributed by atoms with E-state index in [0.717, 1.165) is 0 Å². The second kappa shape index (κ2) is 1.44. The first-order valence-electron chi connectivity index (χ1n) is 0.597. The fraction of sp³-hybridized carbons (Fsp3) is 0. The standard InChI is InChI=1S/CFOSe/c2-1(3)4. The zero-order valence-corrected chi connectivity index (χ0v) is 3.41. The van der Waals surface area contributed by atoms with Gasteiger partial charge in [0.25, 0.3) is 0 Å². The van der Waals surface area contributed by atoms with Crippen molar-refractivity contribution < 1.29 is 9.18 Å². The van der Waals surface area contributed by atoms with Crippen molar-refractivity contribution in [2.24, 2.45) is 0 Å². The van der Waals surface area contributed by atoms with Gasteiger partial charge in [-0.05, 0) is 0 Å². The van der Waals surface area contributed by atoms with Crippen LogP contribution in [0.5, 0.6) is 0 Å². The maximum atomic E-state index is 10.3. The molecule has 0 saturated heterocycles. The Balaban J connectivity index is 2.80. The summed E-state index contributed by atoms with van der Waals surface area (Å²) in [4.78, 5) is 7.26. The van der Waals surface area contributed by atoms with Crippen LogP contribution in [0.4, 0.5) is 9.18 Å². The van der Waals surface area contributed by atoms with Crippen LogP contribution in [-0.4, -0.2) is 20.9 Å². The van der Waals surface area contributed by atoms with Crippen LogP contribution in [0.3, 0.4) is 0 Å². The average Bonchev–Trinajstić information content (AvgIpc) is 0.811. The van der Waals surface area contributed by atoms with E-state index >= 15 is 0 Å². The fourth-order valence-electron chi connectivity index (χ4n) is 0. The molecule has 0 spiro atoms. The molecular weight excluding hydrogens is 126 g/mol. The molecule has 0 rings (SSSR count). The monoisotopic (exact) mass is 127 g/mol. The summed E-state index contributed by atoms with van der Waals surface area (Å²) in [6.45, 7) is 0. The Morgan fingerprint density at radius 1 is 2.00 bits per heavy atom. The van der Waals surface area contributed by atoms with Crippen LogP contribution < -0.4 is 0 Å². The Morgan fingerprint density at radius 2 is 2.00 bits per heavy atom. The summed E-state index contributed by atoms with van der Waals surface area (Å²) in [5, 5.41) is 0. The van der Waals surface area contributed by atoms with E-state index in [9.17, 15) is 4.39 Å². The first-order valence-corrected chi connectivity index (χ1v) is 1.45.